The Morgan fingerprint density at radius 2 is 2.00 bits per heavy atom. The Morgan fingerprint density at radius 1 is 1.27 bits per heavy atom. The molecular weight excluding hydrogens is 218 g/mol. The summed E-state index contributed by atoms with van der Waals surface area (Å²) < 4.78 is 9.42. The van der Waals surface area contributed by atoms with Crippen molar-refractivity contribution in [2.75, 3.05) is 0 Å². The van der Waals surface area contributed by atoms with Crippen LogP contribution in [0.5, 0.6) is 5.88 Å². The van der Waals surface area contributed by atoms with E-state index in [4.69, 9.17) is 16.3 Å². The third-order valence-electron chi connectivity index (χ3n) is 1.69. The summed E-state index contributed by atoms with van der Waals surface area (Å²) in [5, 5.41) is 4.02. The quantitative estimate of drug-likeness (QED) is 0.735. The minimum atomic E-state index is -0.499. The van der Waals surface area contributed by atoms with Gasteiger partial charge in [-0.05, 0) is 29.4 Å². The van der Waals surface area contributed by atoms with Crippen LogP contribution < -0.4 is 4.74 Å². The largest absolute Gasteiger partial charge is 0.400 e. The Hall–Kier alpha value is -1.81. The number of aromatic nitrogens is 1. The van der Waals surface area contributed by atoms with Gasteiger partial charge in [-0.25, -0.2) is 4.79 Å². The predicted molar refractivity (Wildman–Crippen MR) is 52.9 cm³/mol. The van der Waals surface area contributed by atoms with E-state index in [1.54, 1.807) is 24.3 Å². The molecule has 2 aromatic rings. The van der Waals surface area contributed by atoms with Crippen LogP contribution in [0.3, 0.4) is 0 Å². The second kappa shape index (κ2) is 4.14. The van der Waals surface area contributed by atoms with Gasteiger partial charge in [-0.1, -0.05) is 11.6 Å². The lowest BCUT2D eigenvalue weighted by molar-refractivity contribution is 0.0721. The highest BCUT2D eigenvalue weighted by molar-refractivity contribution is 6.30. The Bertz CT molecular complexity index is 450. The number of carbonyl (C=O) groups is 1. The second-order valence-electron chi connectivity index (χ2n) is 2.73. The van der Waals surface area contributed by atoms with Gasteiger partial charge >= 0.3 is 5.97 Å². The molecule has 0 amide bonds. The summed E-state index contributed by atoms with van der Waals surface area (Å²) in [5.74, 6) is -0.365. The lowest BCUT2D eigenvalue weighted by Gasteiger charge is -1.99. The van der Waals surface area contributed by atoms with E-state index in [-0.39, 0.29) is 5.88 Å². The van der Waals surface area contributed by atoms with Gasteiger partial charge in [-0.3, -0.25) is 0 Å². The predicted octanol–water partition coefficient (Wildman–Crippen LogP) is 2.55. The molecule has 1 aromatic carbocycles. The van der Waals surface area contributed by atoms with Crippen molar-refractivity contribution in [3.8, 4) is 5.88 Å². The molecule has 4 nitrogen and oxygen atoms in total. The number of rotatable bonds is 2. The molecule has 1 aromatic heterocycles. The molecule has 0 unspecified atom stereocenters. The maximum atomic E-state index is 11.5. The molecule has 0 spiro atoms. The Morgan fingerprint density at radius 3 is 2.60 bits per heavy atom. The molecule has 0 N–H and O–H groups in total. The topological polar surface area (TPSA) is 52.3 Å². The third-order valence-corrected chi connectivity index (χ3v) is 1.94. The highest BCUT2D eigenvalue weighted by Gasteiger charge is 2.09. The first kappa shape index (κ1) is 9.73. The number of esters is 1. The lowest BCUT2D eigenvalue weighted by atomic mass is 10.2. The zero-order valence-electron chi connectivity index (χ0n) is 7.51. The SMILES string of the molecule is O=C(Oc1ccon1)c1ccc(Cl)cc1. The van der Waals surface area contributed by atoms with Crippen molar-refractivity contribution in [2.45, 2.75) is 0 Å². The van der Waals surface area contributed by atoms with E-state index in [1.165, 1.54) is 12.3 Å². The van der Waals surface area contributed by atoms with Gasteiger partial charge in [-0.15, -0.1) is 0 Å². The fourth-order valence-corrected chi connectivity index (χ4v) is 1.12. The molecule has 76 valence electrons. The number of hydrogen-bond acceptors (Lipinski definition) is 4. The molecule has 0 radical (unpaired) electrons. The molecule has 0 atom stereocenters. The fourth-order valence-electron chi connectivity index (χ4n) is 0.994. The van der Waals surface area contributed by atoms with Crippen LogP contribution in [0.15, 0.2) is 41.1 Å². The van der Waals surface area contributed by atoms with E-state index < -0.39 is 5.97 Å². The molecule has 0 saturated heterocycles. The van der Waals surface area contributed by atoms with Gasteiger partial charge in [0.15, 0.2) is 0 Å². The highest BCUT2D eigenvalue weighted by Crippen LogP contribution is 2.12. The van der Waals surface area contributed by atoms with Gasteiger partial charge in [0.05, 0.1) is 5.56 Å². The van der Waals surface area contributed by atoms with Crippen molar-refractivity contribution in [1.82, 2.24) is 5.16 Å². The molecule has 0 aliphatic heterocycles. The first-order valence-electron chi connectivity index (χ1n) is 4.14. The van der Waals surface area contributed by atoms with Gasteiger partial charge in [0, 0.05) is 11.1 Å². The smallest absolute Gasteiger partial charge is 0.344 e. The monoisotopic (exact) mass is 223 g/mol. The molecule has 1 heterocycles. The molecule has 0 bridgehead atoms. The van der Waals surface area contributed by atoms with Gasteiger partial charge in [0.2, 0.25) is 0 Å². The van der Waals surface area contributed by atoms with Crippen LogP contribution in [0.25, 0.3) is 0 Å². The maximum absolute atomic E-state index is 11.5. The minimum absolute atomic E-state index is 0.134. The molecule has 0 aliphatic carbocycles. The van der Waals surface area contributed by atoms with Crippen LogP contribution >= 0.6 is 11.6 Å². The van der Waals surface area contributed by atoms with Gasteiger partial charge in [0.1, 0.15) is 6.26 Å². The van der Waals surface area contributed by atoms with Crippen molar-refractivity contribution in [2.24, 2.45) is 0 Å². The van der Waals surface area contributed by atoms with E-state index in [0.29, 0.717) is 10.6 Å². The van der Waals surface area contributed by atoms with E-state index in [1.807, 2.05) is 0 Å². The van der Waals surface area contributed by atoms with Crippen molar-refractivity contribution < 1.29 is 14.1 Å². The Balaban J connectivity index is 2.11. The molecule has 15 heavy (non-hydrogen) atoms. The summed E-state index contributed by atoms with van der Waals surface area (Å²) in [4.78, 5) is 11.5. The first-order chi connectivity index (χ1) is 7.25. The molecule has 2 rings (SSSR count). The minimum Gasteiger partial charge on any atom is -0.400 e. The zero-order chi connectivity index (χ0) is 10.7. The average Bonchev–Trinajstić information content (AvgIpc) is 2.71. The molecular formula is C10H6ClNO3. The average molecular weight is 224 g/mol. The van der Waals surface area contributed by atoms with Crippen molar-refractivity contribution in [3.63, 3.8) is 0 Å². The zero-order valence-corrected chi connectivity index (χ0v) is 8.27. The van der Waals surface area contributed by atoms with E-state index in [2.05, 4.69) is 9.68 Å². The normalized spacial score (nSPS) is 9.93. The Labute approximate surface area is 90.4 Å². The van der Waals surface area contributed by atoms with Gasteiger partial charge in [0.25, 0.3) is 5.88 Å². The van der Waals surface area contributed by atoms with Crippen molar-refractivity contribution in [3.05, 3.63) is 47.2 Å². The summed E-state index contributed by atoms with van der Waals surface area (Å²) in [5.41, 5.74) is 0.405. The number of ether oxygens (including phenoxy) is 1. The summed E-state index contributed by atoms with van der Waals surface area (Å²) in [6.07, 6.45) is 1.32. The summed E-state index contributed by atoms with van der Waals surface area (Å²) in [7, 11) is 0. The summed E-state index contributed by atoms with van der Waals surface area (Å²) >= 11 is 5.68. The molecule has 0 saturated carbocycles. The molecule has 0 fully saturated rings. The Kier molecular flexibility index (Phi) is 2.69. The van der Waals surface area contributed by atoms with Crippen LogP contribution in [0.1, 0.15) is 10.4 Å². The third kappa shape index (κ3) is 2.35. The number of hydrogen-bond donors (Lipinski definition) is 0. The summed E-state index contributed by atoms with van der Waals surface area (Å²) in [6.45, 7) is 0. The van der Waals surface area contributed by atoms with Crippen LogP contribution in [-0.4, -0.2) is 11.1 Å². The van der Waals surface area contributed by atoms with Gasteiger partial charge < -0.3 is 9.26 Å². The van der Waals surface area contributed by atoms with Crippen LogP contribution in [0, 0.1) is 0 Å². The van der Waals surface area contributed by atoms with E-state index in [9.17, 15) is 4.79 Å². The number of carbonyl (C=O) groups excluding carboxylic acids is 1. The fraction of sp³-hybridized carbons (Fsp3) is 0. The standard InChI is InChI=1S/C10H6ClNO3/c11-8-3-1-7(2-4-8)10(13)15-9-5-6-14-12-9/h1-6H. The van der Waals surface area contributed by atoms with Crippen LogP contribution in [0.2, 0.25) is 5.02 Å². The van der Waals surface area contributed by atoms with E-state index in [0.717, 1.165) is 0 Å². The van der Waals surface area contributed by atoms with Crippen LogP contribution in [-0.2, 0) is 0 Å². The first-order valence-corrected chi connectivity index (χ1v) is 4.51. The number of nitrogens with zero attached hydrogens (tertiary/aromatic N) is 1. The van der Waals surface area contributed by atoms with Crippen molar-refractivity contribution in [1.29, 1.82) is 0 Å². The number of benzene rings is 1. The van der Waals surface area contributed by atoms with E-state index >= 15 is 0 Å². The summed E-state index contributed by atoms with van der Waals surface area (Å²) in [6, 6.07) is 7.82. The number of halogens is 1. The lowest BCUT2D eigenvalue weighted by Crippen LogP contribution is -2.08. The highest BCUT2D eigenvalue weighted by atomic mass is 35.5. The van der Waals surface area contributed by atoms with Gasteiger partial charge in [-0.2, -0.15) is 0 Å². The van der Waals surface area contributed by atoms with Crippen molar-refractivity contribution >= 4 is 17.6 Å². The molecule has 5 heteroatoms. The maximum Gasteiger partial charge on any atom is 0.344 e. The molecule has 0 aliphatic rings. The second-order valence-corrected chi connectivity index (χ2v) is 3.17. The van der Waals surface area contributed by atoms with Crippen LogP contribution in [0.4, 0.5) is 0 Å².